The van der Waals surface area contributed by atoms with E-state index in [1.165, 1.54) is 6.26 Å². The van der Waals surface area contributed by atoms with E-state index < -0.39 is 0 Å². The summed E-state index contributed by atoms with van der Waals surface area (Å²) < 4.78 is 5.15. The normalized spacial score (nSPS) is 14.9. The number of benzene rings is 1. The monoisotopic (exact) mass is 312 g/mol. The zero-order valence-corrected chi connectivity index (χ0v) is 13.4. The first-order valence-electron chi connectivity index (χ1n) is 7.75. The highest BCUT2D eigenvalue weighted by Gasteiger charge is 2.27. The first-order chi connectivity index (χ1) is 11.1. The van der Waals surface area contributed by atoms with Crippen LogP contribution in [0.1, 0.15) is 32.0 Å². The molecule has 3 rings (SSSR count). The minimum Gasteiger partial charge on any atom is -0.459 e. The van der Waals surface area contributed by atoms with Crippen molar-refractivity contribution in [2.24, 2.45) is 0 Å². The van der Waals surface area contributed by atoms with Crippen LogP contribution in [0, 0.1) is 13.8 Å². The summed E-state index contributed by atoms with van der Waals surface area (Å²) in [5.74, 6) is 0.264. The van der Waals surface area contributed by atoms with Crippen LogP contribution in [0.4, 0.5) is 0 Å². The van der Waals surface area contributed by atoms with Gasteiger partial charge in [-0.2, -0.15) is 0 Å². The summed E-state index contributed by atoms with van der Waals surface area (Å²) in [6.07, 6.45) is 1.49. The van der Waals surface area contributed by atoms with Crippen LogP contribution in [0.2, 0.25) is 0 Å². The summed E-state index contributed by atoms with van der Waals surface area (Å²) in [6.45, 7) is 6.10. The summed E-state index contributed by atoms with van der Waals surface area (Å²) >= 11 is 0. The van der Waals surface area contributed by atoms with Gasteiger partial charge in [-0.1, -0.05) is 17.7 Å². The highest BCUT2D eigenvalue weighted by atomic mass is 16.3. The molecule has 2 aromatic rings. The van der Waals surface area contributed by atoms with Gasteiger partial charge in [-0.25, -0.2) is 0 Å². The minimum absolute atomic E-state index is 0.0348. The second-order valence-corrected chi connectivity index (χ2v) is 5.88. The van der Waals surface area contributed by atoms with Gasteiger partial charge in [-0.15, -0.1) is 0 Å². The van der Waals surface area contributed by atoms with Crippen molar-refractivity contribution in [1.82, 2.24) is 9.80 Å². The molecule has 0 aliphatic carbocycles. The van der Waals surface area contributed by atoms with E-state index in [-0.39, 0.29) is 11.8 Å². The fourth-order valence-corrected chi connectivity index (χ4v) is 2.89. The second-order valence-electron chi connectivity index (χ2n) is 5.88. The van der Waals surface area contributed by atoms with Gasteiger partial charge in [0.05, 0.1) is 6.26 Å². The van der Waals surface area contributed by atoms with Crippen LogP contribution in [0.3, 0.4) is 0 Å². The van der Waals surface area contributed by atoms with Gasteiger partial charge in [0.2, 0.25) is 0 Å². The number of piperazine rings is 1. The Bertz CT molecular complexity index is 714. The summed E-state index contributed by atoms with van der Waals surface area (Å²) in [6, 6.07) is 9.22. The van der Waals surface area contributed by atoms with Crippen molar-refractivity contribution in [3.05, 3.63) is 59.0 Å². The SMILES string of the molecule is Cc1ccc(C(=O)N2CCN(C(=O)c3ccco3)CC2)c(C)c1. The predicted octanol–water partition coefficient (Wildman–Crippen LogP) is 2.49. The number of furan rings is 1. The first kappa shape index (κ1) is 15.3. The Morgan fingerprint density at radius 1 is 0.957 bits per heavy atom. The van der Waals surface area contributed by atoms with Crippen LogP contribution >= 0.6 is 0 Å². The Morgan fingerprint density at radius 3 is 2.17 bits per heavy atom. The number of carbonyl (C=O) groups is 2. The van der Waals surface area contributed by atoms with Gasteiger partial charge in [0.25, 0.3) is 11.8 Å². The number of aryl methyl sites for hydroxylation is 2. The van der Waals surface area contributed by atoms with Crippen LogP contribution in [0.15, 0.2) is 41.0 Å². The van der Waals surface area contributed by atoms with Crippen LogP contribution in [0.5, 0.6) is 0 Å². The maximum atomic E-state index is 12.6. The third-order valence-corrected chi connectivity index (χ3v) is 4.20. The van der Waals surface area contributed by atoms with E-state index in [2.05, 4.69) is 0 Å². The summed E-state index contributed by atoms with van der Waals surface area (Å²) in [5, 5.41) is 0. The summed E-state index contributed by atoms with van der Waals surface area (Å²) in [5.41, 5.74) is 2.87. The molecule has 2 heterocycles. The zero-order valence-electron chi connectivity index (χ0n) is 13.4. The summed E-state index contributed by atoms with van der Waals surface area (Å²) in [7, 11) is 0. The average molecular weight is 312 g/mol. The molecule has 1 fully saturated rings. The zero-order chi connectivity index (χ0) is 16.4. The Kier molecular flexibility index (Phi) is 4.19. The molecule has 5 nitrogen and oxygen atoms in total. The Morgan fingerprint density at radius 2 is 1.61 bits per heavy atom. The first-order valence-corrected chi connectivity index (χ1v) is 7.75. The lowest BCUT2D eigenvalue weighted by molar-refractivity contribution is 0.0517. The van der Waals surface area contributed by atoms with Crippen molar-refractivity contribution in [3.63, 3.8) is 0 Å². The van der Waals surface area contributed by atoms with E-state index in [4.69, 9.17) is 4.42 Å². The second kappa shape index (κ2) is 6.28. The molecule has 0 N–H and O–H groups in total. The third-order valence-electron chi connectivity index (χ3n) is 4.20. The number of nitrogens with zero attached hydrogens (tertiary/aromatic N) is 2. The smallest absolute Gasteiger partial charge is 0.289 e. The Hall–Kier alpha value is -2.56. The standard InChI is InChI=1S/C18H20N2O3/c1-13-5-6-15(14(2)12-13)17(21)19-7-9-20(10-8-19)18(22)16-4-3-11-23-16/h3-6,11-12H,7-10H2,1-2H3. The molecular formula is C18H20N2O3. The van der Waals surface area contributed by atoms with Crippen molar-refractivity contribution >= 4 is 11.8 Å². The highest BCUT2D eigenvalue weighted by molar-refractivity contribution is 5.96. The molecule has 0 bridgehead atoms. The third kappa shape index (κ3) is 3.13. The van der Waals surface area contributed by atoms with Crippen LogP contribution in [0.25, 0.3) is 0 Å². The average Bonchev–Trinajstić information content (AvgIpc) is 3.08. The van der Waals surface area contributed by atoms with Crippen molar-refractivity contribution in [3.8, 4) is 0 Å². The molecule has 1 aromatic heterocycles. The van der Waals surface area contributed by atoms with Crippen molar-refractivity contribution in [2.75, 3.05) is 26.2 Å². The van der Waals surface area contributed by atoms with E-state index >= 15 is 0 Å². The lowest BCUT2D eigenvalue weighted by Gasteiger charge is -2.34. The largest absolute Gasteiger partial charge is 0.459 e. The highest BCUT2D eigenvalue weighted by Crippen LogP contribution is 2.16. The molecule has 0 atom stereocenters. The number of carbonyl (C=O) groups excluding carboxylic acids is 2. The van der Waals surface area contributed by atoms with Gasteiger partial charge in [0.1, 0.15) is 0 Å². The van der Waals surface area contributed by atoms with E-state index in [1.807, 2.05) is 36.9 Å². The minimum atomic E-state index is -0.117. The molecule has 5 heteroatoms. The molecule has 0 radical (unpaired) electrons. The van der Waals surface area contributed by atoms with Crippen molar-refractivity contribution in [1.29, 1.82) is 0 Å². The maximum Gasteiger partial charge on any atom is 0.289 e. The van der Waals surface area contributed by atoms with Crippen LogP contribution in [-0.4, -0.2) is 47.8 Å². The number of hydrogen-bond acceptors (Lipinski definition) is 3. The molecule has 1 aliphatic heterocycles. The molecule has 0 saturated carbocycles. The fraction of sp³-hybridized carbons (Fsp3) is 0.333. The molecule has 1 aromatic carbocycles. The van der Waals surface area contributed by atoms with Gasteiger partial charge in [-0.3, -0.25) is 9.59 Å². The summed E-state index contributed by atoms with van der Waals surface area (Å²) in [4.78, 5) is 28.4. The van der Waals surface area contributed by atoms with Crippen LogP contribution in [-0.2, 0) is 0 Å². The van der Waals surface area contributed by atoms with Gasteiger partial charge in [0, 0.05) is 31.7 Å². The fourth-order valence-electron chi connectivity index (χ4n) is 2.89. The number of rotatable bonds is 2. The maximum absolute atomic E-state index is 12.6. The van der Waals surface area contributed by atoms with E-state index in [9.17, 15) is 9.59 Å². The van der Waals surface area contributed by atoms with Crippen molar-refractivity contribution in [2.45, 2.75) is 13.8 Å². The Labute approximate surface area is 135 Å². The van der Waals surface area contributed by atoms with Crippen molar-refractivity contribution < 1.29 is 14.0 Å². The van der Waals surface area contributed by atoms with Gasteiger partial charge < -0.3 is 14.2 Å². The van der Waals surface area contributed by atoms with Gasteiger partial charge in [-0.05, 0) is 37.6 Å². The quantitative estimate of drug-likeness (QED) is 0.856. The van der Waals surface area contributed by atoms with E-state index in [0.29, 0.717) is 31.9 Å². The van der Waals surface area contributed by atoms with Crippen LogP contribution < -0.4 is 0 Å². The molecule has 2 amide bonds. The van der Waals surface area contributed by atoms with E-state index in [1.54, 1.807) is 17.0 Å². The predicted molar refractivity (Wildman–Crippen MR) is 86.4 cm³/mol. The molecular weight excluding hydrogens is 292 g/mol. The molecule has 0 spiro atoms. The lowest BCUT2D eigenvalue weighted by Crippen LogP contribution is -2.50. The molecule has 23 heavy (non-hydrogen) atoms. The lowest BCUT2D eigenvalue weighted by atomic mass is 10.0. The van der Waals surface area contributed by atoms with E-state index in [0.717, 1.165) is 16.7 Å². The topological polar surface area (TPSA) is 53.8 Å². The van der Waals surface area contributed by atoms with Gasteiger partial charge >= 0.3 is 0 Å². The molecule has 1 aliphatic rings. The molecule has 0 unspecified atom stereocenters. The Balaban J connectivity index is 1.64. The number of amides is 2. The number of hydrogen-bond donors (Lipinski definition) is 0. The molecule has 120 valence electrons. The van der Waals surface area contributed by atoms with Gasteiger partial charge in [0.15, 0.2) is 5.76 Å². The molecule has 1 saturated heterocycles.